The summed E-state index contributed by atoms with van der Waals surface area (Å²) in [4.78, 5) is 25.0. The number of pyridine rings is 1. The van der Waals surface area contributed by atoms with Crippen molar-refractivity contribution in [2.75, 3.05) is 5.32 Å². The molecule has 2 N–H and O–H groups in total. The van der Waals surface area contributed by atoms with E-state index in [1.165, 1.54) is 6.20 Å². The van der Waals surface area contributed by atoms with Crippen LogP contribution >= 0.6 is 11.6 Å². The number of H-pyrrole nitrogens is 1. The molecule has 7 nitrogen and oxygen atoms in total. The fraction of sp³-hybridized carbons (Fsp3) is 0.450. The molecule has 2 bridgehead atoms. The summed E-state index contributed by atoms with van der Waals surface area (Å²) in [7, 11) is 0. The van der Waals surface area contributed by atoms with Gasteiger partial charge in [0.25, 0.3) is 0 Å². The first-order valence-corrected chi connectivity index (χ1v) is 10.2. The lowest BCUT2D eigenvalue weighted by Gasteiger charge is -2.48. The molecule has 0 radical (unpaired) electrons. The highest BCUT2D eigenvalue weighted by molar-refractivity contribution is 6.31. The molecule has 150 valence electrons. The van der Waals surface area contributed by atoms with Crippen molar-refractivity contribution in [3.05, 3.63) is 29.3 Å². The molecule has 3 aromatic heterocycles. The summed E-state index contributed by atoms with van der Waals surface area (Å²) >= 11 is 6.05. The van der Waals surface area contributed by atoms with Crippen molar-refractivity contribution in [1.82, 2.24) is 25.1 Å². The average molecular weight is 415 g/mol. The summed E-state index contributed by atoms with van der Waals surface area (Å²) in [6, 6.07) is 1.61. The Balaban J connectivity index is 1.51. The number of carbonyl (C=O) groups excluding carboxylic acids is 1. The lowest BCUT2D eigenvalue weighted by molar-refractivity contribution is -0.126. The molecule has 0 saturated heterocycles. The molecule has 2 atom stereocenters. The molecular weight excluding hydrogens is 395 g/mol. The summed E-state index contributed by atoms with van der Waals surface area (Å²) in [5.74, 6) is 0.590. The minimum Gasteiger partial charge on any atom is -0.364 e. The van der Waals surface area contributed by atoms with Crippen LogP contribution in [0.4, 0.5) is 10.2 Å². The SMILES string of the molecule is CC(=O)[C@@H]1C2CCC(CC2)C1Nc1nc(-c2n[nH]c3ncc(Cl)cc23)ncc1F. The topological polar surface area (TPSA) is 96.5 Å². The van der Waals surface area contributed by atoms with Crippen molar-refractivity contribution in [1.29, 1.82) is 0 Å². The van der Waals surface area contributed by atoms with Gasteiger partial charge in [-0.1, -0.05) is 11.6 Å². The molecule has 0 aliphatic heterocycles. The van der Waals surface area contributed by atoms with Crippen LogP contribution in [0.3, 0.4) is 0 Å². The van der Waals surface area contributed by atoms with Crippen LogP contribution < -0.4 is 5.32 Å². The second-order valence-corrected chi connectivity index (χ2v) is 8.43. The van der Waals surface area contributed by atoms with E-state index in [9.17, 15) is 9.18 Å². The molecule has 3 aliphatic carbocycles. The van der Waals surface area contributed by atoms with E-state index in [0.29, 0.717) is 33.6 Å². The first kappa shape index (κ1) is 18.4. The van der Waals surface area contributed by atoms with E-state index in [-0.39, 0.29) is 29.4 Å². The molecule has 0 aromatic carbocycles. The molecule has 29 heavy (non-hydrogen) atoms. The summed E-state index contributed by atoms with van der Waals surface area (Å²) in [6.07, 6.45) is 6.90. The van der Waals surface area contributed by atoms with E-state index in [1.807, 2.05) is 0 Å². The third kappa shape index (κ3) is 3.15. The Bertz CT molecular complexity index is 1090. The van der Waals surface area contributed by atoms with Crippen LogP contribution in [-0.4, -0.2) is 37.0 Å². The van der Waals surface area contributed by atoms with Gasteiger partial charge in [0.15, 0.2) is 23.1 Å². The van der Waals surface area contributed by atoms with E-state index in [0.717, 1.165) is 31.9 Å². The fourth-order valence-electron chi connectivity index (χ4n) is 5.03. The number of fused-ring (bicyclic) bond motifs is 4. The second-order valence-electron chi connectivity index (χ2n) is 7.99. The predicted molar refractivity (Wildman–Crippen MR) is 107 cm³/mol. The molecule has 3 saturated carbocycles. The van der Waals surface area contributed by atoms with Crippen LogP contribution in [0.1, 0.15) is 32.6 Å². The number of nitrogens with zero attached hydrogens (tertiary/aromatic N) is 4. The summed E-state index contributed by atoms with van der Waals surface area (Å²) in [5, 5.41) is 11.4. The number of aromatic nitrogens is 5. The third-order valence-corrected chi connectivity index (χ3v) is 6.54. The minimum atomic E-state index is -0.548. The van der Waals surface area contributed by atoms with Crippen molar-refractivity contribution >= 4 is 34.2 Å². The van der Waals surface area contributed by atoms with Crippen LogP contribution in [0.25, 0.3) is 22.6 Å². The predicted octanol–water partition coefficient (Wildman–Crippen LogP) is 4.01. The van der Waals surface area contributed by atoms with Gasteiger partial charge in [-0.25, -0.2) is 19.3 Å². The van der Waals surface area contributed by atoms with Gasteiger partial charge in [0.1, 0.15) is 11.5 Å². The highest BCUT2D eigenvalue weighted by atomic mass is 35.5. The van der Waals surface area contributed by atoms with Gasteiger partial charge in [-0.05, 0) is 50.5 Å². The van der Waals surface area contributed by atoms with Crippen LogP contribution in [-0.2, 0) is 4.79 Å². The first-order chi connectivity index (χ1) is 14.0. The second kappa shape index (κ2) is 7.02. The first-order valence-electron chi connectivity index (χ1n) is 9.81. The molecule has 3 fully saturated rings. The Labute approximate surface area is 171 Å². The summed E-state index contributed by atoms with van der Waals surface area (Å²) in [6.45, 7) is 1.63. The largest absolute Gasteiger partial charge is 0.364 e. The number of anilines is 1. The normalized spacial score (nSPS) is 26.0. The van der Waals surface area contributed by atoms with E-state index < -0.39 is 5.82 Å². The van der Waals surface area contributed by atoms with Crippen LogP contribution in [0.5, 0.6) is 0 Å². The van der Waals surface area contributed by atoms with Gasteiger partial charge in [-0.15, -0.1) is 0 Å². The Kier molecular flexibility index (Phi) is 4.46. The third-order valence-electron chi connectivity index (χ3n) is 6.33. The number of hydrogen-bond acceptors (Lipinski definition) is 6. The highest BCUT2D eigenvalue weighted by Crippen LogP contribution is 2.46. The summed E-state index contributed by atoms with van der Waals surface area (Å²) < 4.78 is 14.6. The average Bonchev–Trinajstić information content (AvgIpc) is 3.13. The maximum absolute atomic E-state index is 14.6. The minimum absolute atomic E-state index is 0.102. The zero-order valence-corrected chi connectivity index (χ0v) is 16.6. The number of rotatable bonds is 4. The van der Waals surface area contributed by atoms with Crippen LogP contribution in [0.2, 0.25) is 5.02 Å². The van der Waals surface area contributed by atoms with Crippen LogP contribution in [0, 0.1) is 23.6 Å². The number of hydrogen-bond donors (Lipinski definition) is 2. The van der Waals surface area contributed by atoms with Crippen molar-refractivity contribution in [2.45, 2.75) is 38.6 Å². The van der Waals surface area contributed by atoms with Gasteiger partial charge >= 0.3 is 0 Å². The lowest BCUT2D eigenvalue weighted by atomic mass is 9.60. The van der Waals surface area contributed by atoms with Crippen molar-refractivity contribution < 1.29 is 9.18 Å². The molecule has 0 spiro atoms. The molecule has 1 unspecified atom stereocenters. The van der Waals surface area contributed by atoms with Gasteiger partial charge in [0, 0.05) is 18.2 Å². The fourth-order valence-corrected chi connectivity index (χ4v) is 5.19. The monoisotopic (exact) mass is 414 g/mol. The van der Waals surface area contributed by atoms with E-state index in [2.05, 4.69) is 30.5 Å². The van der Waals surface area contributed by atoms with Crippen LogP contribution in [0.15, 0.2) is 18.5 Å². The number of aromatic amines is 1. The van der Waals surface area contributed by atoms with E-state index in [1.54, 1.807) is 13.0 Å². The Morgan fingerprint density at radius 3 is 2.72 bits per heavy atom. The zero-order chi connectivity index (χ0) is 20.1. The molecule has 3 aliphatic rings. The number of halogens is 2. The molecule has 3 aromatic rings. The van der Waals surface area contributed by atoms with E-state index >= 15 is 0 Å². The molecule has 3 heterocycles. The van der Waals surface area contributed by atoms with Gasteiger partial charge in [-0.3, -0.25) is 9.89 Å². The Morgan fingerprint density at radius 2 is 1.97 bits per heavy atom. The van der Waals surface area contributed by atoms with Gasteiger partial charge in [0.05, 0.1) is 16.6 Å². The molecule has 9 heteroatoms. The van der Waals surface area contributed by atoms with Gasteiger partial charge < -0.3 is 5.32 Å². The van der Waals surface area contributed by atoms with E-state index in [4.69, 9.17) is 11.6 Å². The molecule has 0 amide bonds. The standard InChI is InChI=1S/C20H20ClFN6O/c1-9(29)15-10-2-4-11(5-3-10)16(15)25-19-14(22)8-24-20(26-19)17-13-6-12(21)7-23-18(13)28-27-17/h6-8,10-11,15-16H,2-5H2,1H3,(H,23,27,28)(H,24,25,26)/t10?,11?,15-,16?/m1/s1. The Morgan fingerprint density at radius 1 is 1.21 bits per heavy atom. The maximum Gasteiger partial charge on any atom is 0.183 e. The van der Waals surface area contributed by atoms with Gasteiger partial charge in [0.2, 0.25) is 0 Å². The highest BCUT2D eigenvalue weighted by Gasteiger charge is 2.46. The quantitative estimate of drug-likeness (QED) is 0.669. The maximum atomic E-state index is 14.6. The van der Waals surface area contributed by atoms with Gasteiger partial charge in [-0.2, -0.15) is 5.10 Å². The summed E-state index contributed by atoms with van der Waals surface area (Å²) in [5.41, 5.74) is 0.999. The number of ketones is 1. The Hall–Kier alpha value is -2.61. The smallest absolute Gasteiger partial charge is 0.183 e. The van der Waals surface area contributed by atoms with Crippen molar-refractivity contribution in [3.8, 4) is 11.5 Å². The number of carbonyl (C=O) groups is 1. The lowest BCUT2D eigenvalue weighted by Crippen LogP contribution is -2.51. The van der Waals surface area contributed by atoms with Crippen molar-refractivity contribution in [2.24, 2.45) is 17.8 Å². The zero-order valence-electron chi connectivity index (χ0n) is 15.8. The van der Waals surface area contributed by atoms with Crippen molar-refractivity contribution in [3.63, 3.8) is 0 Å². The molecular formula is C20H20ClFN6O. The molecule has 6 rings (SSSR count). The number of Topliss-reactive ketones (excluding diaryl/α,β-unsaturated/α-hetero) is 1. The number of nitrogens with one attached hydrogen (secondary N) is 2.